The van der Waals surface area contributed by atoms with Crippen molar-refractivity contribution in [3.63, 3.8) is 0 Å². The van der Waals surface area contributed by atoms with Gasteiger partial charge in [0.15, 0.2) is 0 Å². The van der Waals surface area contributed by atoms with Crippen LogP contribution in [0.25, 0.3) is 0 Å². The first-order valence-corrected chi connectivity index (χ1v) is 13.9. The summed E-state index contributed by atoms with van der Waals surface area (Å²) in [6, 6.07) is 27.1. The summed E-state index contributed by atoms with van der Waals surface area (Å²) in [7, 11) is 0. The molecule has 1 aliphatic carbocycles. The maximum atomic E-state index is 14.0. The zero-order valence-electron chi connectivity index (χ0n) is 22.4. The molecule has 6 nitrogen and oxygen atoms in total. The van der Waals surface area contributed by atoms with Gasteiger partial charge < -0.3 is 19.9 Å². The van der Waals surface area contributed by atoms with Gasteiger partial charge in [-0.25, -0.2) is 0 Å². The maximum absolute atomic E-state index is 14.0. The molecule has 1 heterocycles. The van der Waals surface area contributed by atoms with E-state index in [1.165, 1.54) is 0 Å². The van der Waals surface area contributed by atoms with Crippen LogP contribution in [0.3, 0.4) is 0 Å². The van der Waals surface area contributed by atoms with Crippen LogP contribution < -0.4 is 10.2 Å². The molecule has 39 heavy (non-hydrogen) atoms. The lowest BCUT2D eigenvalue weighted by molar-refractivity contribution is -0.141. The fraction of sp³-hybridized carbons (Fsp3) is 0.333. The lowest BCUT2D eigenvalue weighted by Gasteiger charge is -2.37. The number of anilines is 2. The predicted molar refractivity (Wildman–Crippen MR) is 156 cm³/mol. The smallest absolute Gasteiger partial charge is 0.247 e. The number of benzene rings is 3. The number of amides is 2. The second-order valence-electron chi connectivity index (χ2n) is 10.3. The van der Waals surface area contributed by atoms with Crippen LogP contribution in [-0.2, 0) is 27.3 Å². The van der Waals surface area contributed by atoms with Crippen molar-refractivity contribution in [1.82, 2.24) is 4.90 Å². The van der Waals surface area contributed by atoms with Gasteiger partial charge in [0.1, 0.15) is 6.04 Å². The number of morpholine rings is 1. The fourth-order valence-corrected chi connectivity index (χ4v) is 5.50. The number of carbonyl (C=O) groups excluding carboxylic acids is 2. The van der Waals surface area contributed by atoms with Crippen molar-refractivity contribution in [3.8, 4) is 0 Å². The van der Waals surface area contributed by atoms with E-state index in [1.54, 1.807) is 0 Å². The van der Waals surface area contributed by atoms with E-state index in [-0.39, 0.29) is 24.2 Å². The number of rotatable bonds is 9. The van der Waals surface area contributed by atoms with E-state index in [2.05, 4.69) is 22.4 Å². The Hall–Kier alpha value is -3.90. The third-order valence-corrected chi connectivity index (χ3v) is 7.59. The SMILES string of the molecule is O=C(Nc1ccc(N2CCOCC2)cc1)C(C1CC=CCC1)N(Cc1ccccc1)C(=O)Cc1ccccc1. The Kier molecular flexibility index (Phi) is 9.07. The van der Waals surface area contributed by atoms with Crippen molar-refractivity contribution in [2.45, 2.75) is 38.3 Å². The Labute approximate surface area is 231 Å². The highest BCUT2D eigenvalue weighted by molar-refractivity contribution is 5.97. The number of ether oxygens (including phenoxy) is 1. The van der Waals surface area contributed by atoms with Gasteiger partial charge in [-0.3, -0.25) is 9.59 Å². The van der Waals surface area contributed by atoms with Gasteiger partial charge in [-0.15, -0.1) is 0 Å². The topological polar surface area (TPSA) is 61.9 Å². The van der Waals surface area contributed by atoms with Crippen molar-refractivity contribution in [1.29, 1.82) is 0 Å². The molecule has 2 atom stereocenters. The van der Waals surface area contributed by atoms with E-state index in [4.69, 9.17) is 4.74 Å². The highest BCUT2D eigenvalue weighted by Crippen LogP contribution is 2.29. The summed E-state index contributed by atoms with van der Waals surface area (Å²) in [5.41, 5.74) is 3.82. The zero-order chi connectivity index (χ0) is 26.9. The van der Waals surface area contributed by atoms with Gasteiger partial charge in [-0.2, -0.15) is 0 Å². The number of carbonyl (C=O) groups is 2. The lowest BCUT2D eigenvalue weighted by atomic mass is 9.85. The molecule has 5 rings (SSSR count). The van der Waals surface area contributed by atoms with E-state index in [0.29, 0.717) is 6.54 Å². The van der Waals surface area contributed by atoms with Crippen LogP contribution in [0, 0.1) is 5.92 Å². The van der Waals surface area contributed by atoms with Gasteiger partial charge in [-0.05, 0) is 60.6 Å². The Balaban J connectivity index is 1.40. The van der Waals surface area contributed by atoms with Crippen molar-refractivity contribution >= 4 is 23.2 Å². The van der Waals surface area contributed by atoms with E-state index in [1.807, 2.05) is 89.8 Å². The van der Waals surface area contributed by atoms with Crippen LogP contribution in [0.2, 0.25) is 0 Å². The van der Waals surface area contributed by atoms with Crippen molar-refractivity contribution in [2.75, 3.05) is 36.5 Å². The first-order valence-electron chi connectivity index (χ1n) is 13.9. The van der Waals surface area contributed by atoms with Crippen LogP contribution in [0.4, 0.5) is 11.4 Å². The molecule has 2 aliphatic rings. The second-order valence-corrected chi connectivity index (χ2v) is 10.3. The number of nitrogens with zero attached hydrogens (tertiary/aromatic N) is 2. The molecular formula is C33H37N3O3. The van der Waals surface area contributed by atoms with Crippen LogP contribution >= 0.6 is 0 Å². The van der Waals surface area contributed by atoms with E-state index < -0.39 is 6.04 Å². The van der Waals surface area contributed by atoms with Gasteiger partial charge in [-0.1, -0.05) is 72.8 Å². The van der Waals surface area contributed by atoms with E-state index in [9.17, 15) is 9.59 Å². The molecule has 0 bridgehead atoms. The summed E-state index contributed by atoms with van der Waals surface area (Å²) in [6.07, 6.45) is 7.13. The highest BCUT2D eigenvalue weighted by atomic mass is 16.5. The molecule has 1 fully saturated rings. The van der Waals surface area contributed by atoms with Crippen molar-refractivity contribution in [3.05, 3.63) is 108 Å². The quantitative estimate of drug-likeness (QED) is 0.379. The molecule has 1 aliphatic heterocycles. The molecule has 3 aromatic carbocycles. The average Bonchev–Trinajstić information content (AvgIpc) is 2.99. The Morgan fingerprint density at radius 3 is 2.18 bits per heavy atom. The predicted octanol–water partition coefficient (Wildman–Crippen LogP) is 5.46. The molecule has 0 radical (unpaired) electrons. The first-order chi connectivity index (χ1) is 19.2. The van der Waals surface area contributed by atoms with Gasteiger partial charge in [0, 0.05) is 31.0 Å². The molecule has 1 N–H and O–H groups in total. The average molecular weight is 524 g/mol. The number of hydrogen-bond donors (Lipinski definition) is 1. The van der Waals surface area contributed by atoms with Crippen molar-refractivity contribution < 1.29 is 14.3 Å². The largest absolute Gasteiger partial charge is 0.378 e. The van der Waals surface area contributed by atoms with Gasteiger partial charge in [0.2, 0.25) is 11.8 Å². The van der Waals surface area contributed by atoms with Crippen LogP contribution in [0.15, 0.2) is 97.1 Å². The van der Waals surface area contributed by atoms with Crippen LogP contribution in [-0.4, -0.2) is 49.1 Å². The summed E-state index contributed by atoms with van der Waals surface area (Å²) >= 11 is 0. The Morgan fingerprint density at radius 1 is 0.872 bits per heavy atom. The standard InChI is InChI=1S/C33H37N3O3/c37-31(24-26-10-4-1-5-11-26)36(25-27-12-6-2-7-13-27)32(28-14-8-3-9-15-28)33(38)34-29-16-18-30(19-17-29)35-20-22-39-23-21-35/h1-8,10-13,16-19,28,32H,9,14-15,20-25H2,(H,34,38). The molecule has 2 amide bonds. The summed E-state index contributed by atoms with van der Waals surface area (Å²) in [5, 5.41) is 3.15. The highest BCUT2D eigenvalue weighted by Gasteiger charge is 2.36. The minimum Gasteiger partial charge on any atom is -0.378 e. The van der Waals surface area contributed by atoms with Gasteiger partial charge in [0.25, 0.3) is 0 Å². The molecule has 6 heteroatoms. The molecular weight excluding hydrogens is 486 g/mol. The lowest BCUT2D eigenvalue weighted by Crippen LogP contribution is -2.51. The normalized spacial score (nSPS) is 17.8. The fourth-order valence-electron chi connectivity index (χ4n) is 5.50. The summed E-state index contributed by atoms with van der Waals surface area (Å²) in [4.78, 5) is 32.0. The van der Waals surface area contributed by atoms with E-state index >= 15 is 0 Å². The third kappa shape index (κ3) is 7.15. The summed E-state index contributed by atoms with van der Waals surface area (Å²) < 4.78 is 5.47. The maximum Gasteiger partial charge on any atom is 0.247 e. The van der Waals surface area contributed by atoms with Crippen molar-refractivity contribution in [2.24, 2.45) is 5.92 Å². The minimum absolute atomic E-state index is 0.0394. The molecule has 0 saturated carbocycles. The summed E-state index contributed by atoms with van der Waals surface area (Å²) in [5.74, 6) is -0.125. The van der Waals surface area contributed by atoms with Crippen LogP contribution in [0.1, 0.15) is 30.4 Å². The summed E-state index contributed by atoms with van der Waals surface area (Å²) in [6.45, 7) is 3.57. The first kappa shape index (κ1) is 26.7. The minimum atomic E-state index is -0.578. The zero-order valence-corrected chi connectivity index (χ0v) is 22.4. The molecule has 0 spiro atoms. The number of hydrogen-bond acceptors (Lipinski definition) is 4. The van der Waals surface area contributed by atoms with Gasteiger partial charge in [0.05, 0.1) is 19.6 Å². The molecule has 1 saturated heterocycles. The van der Waals surface area contributed by atoms with Gasteiger partial charge >= 0.3 is 0 Å². The van der Waals surface area contributed by atoms with Crippen LogP contribution in [0.5, 0.6) is 0 Å². The van der Waals surface area contributed by atoms with E-state index in [0.717, 1.165) is 68.1 Å². The molecule has 202 valence electrons. The Bertz CT molecular complexity index is 1240. The molecule has 3 aromatic rings. The third-order valence-electron chi connectivity index (χ3n) is 7.59. The second kappa shape index (κ2) is 13.3. The molecule has 2 unspecified atom stereocenters. The number of nitrogens with one attached hydrogen (secondary N) is 1. The monoisotopic (exact) mass is 523 g/mol. The Morgan fingerprint density at radius 2 is 1.54 bits per heavy atom. The molecule has 0 aromatic heterocycles. The number of allylic oxidation sites excluding steroid dienone is 2.